The molecule has 0 aliphatic heterocycles. The van der Waals surface area contributed by atoms with Gasteiger partial charge in [-0.25, -0.2) is 0 Å². The van der Waals surface area contributed by atoms with Gasteiger partial charge in [-0.05, 0) is 42.7 Å². The minimum absolute atomic E-state index is 0.158. The second-order valence-corrected chi connectivity index (χ2v) is 6.40. The molecule has 2 rings (SSSR count). The summed E-state index contributed by atoms with van der Waals surface area (Å²) in [6, 6.07) is 16.7. The van der Waals surface area contributed by atoms with Crippen LogP contribution in [-0.2, 0) is 4.79 Å². The summed E-state index contributed by atoms with van der Waals surface area (Å²) in [5.74, 6) is 0.742. The van der Waals surface area contributed by atoms with Gasteiger partial charge in [0.1, 0.15) is 5.75 Å². The van der Waals surface area contributed by atoms with Gasteiger partial charge < -0.3 is 15.4 Å². The zero-order valence-corrected chi connectivity index (χ0v) is 15.5. The lowest BCUT2D eigenvalue weighted by Gasteiger charge is -2.15. The number of amides is 2. The summed E-state index contributed by atoms with van der Waals surface area (Å²) >= 11 is 0. The zero-order valence-electron chi connectivity index (χ0n) is 15.5. The van der Waals surface area contributed by atoms with E-state index in [9.17, 15) is 9.59 Å². The Morgan fingerprint density at radius 2 is 1.50 bits per heavy atom. The van der Waals surface area contributed by atoms with Crippen molar-refractivity contribution >= 4 is 11.8 Å². The summed E-state index contributed by atoms with van der Waals surface area (Å²) in [5.41, 5.74) is 1.82. The van der Waals surface area contributed by atoms with Gasteiger partial charge in [0.15, 0.2) is 6.10 Å². The molecule has 0 aromatic heterocycles. The molecule has 5 heteroatoms. The third-order valence-electron chi connectivity index (χ3n) is 3.97. The van der Waals surface area contributed by atoms with Gasteiger partial charge in [-0.15, -0.1) is 0 Å². The molecule has 0 radical (unpaired) electrons. The highest BCUT2D eigenvalue weighted by atomic mass is 16.5. The monoisotopic (exact) mass is 354 g/mol. The molecule has 0 heterocycles. The third-order valence-corrected chi connectivity index (χ3v) is 3.97. The third kappa shape index (κ3) is 5.92. The van der Waals surface area contributed by atoms with Crippen molar-refractivity contribution in [1.29, 1.82) is 0 Å². The summed E-state index contributed by atoms with van der Waals surface area (Å²) in [6.45, 7) is 6.66. The smallest absolute Gasteiger partial charge is 0.260 e. The van der Waals surface area contributed by atoms with Crippen molar-refractivity contribution in [1.82, 2.24) is 10.6 Å². The summed E-state index contributed by atoms with van der Waals surface area (Å²) in [7, 11) is 0. The number of carbonyl (C=O) groups excluding carboxylic acids is 2. The number of hydrogen-bond acceptors (Lipinski definition) is 3. The van der Waals surface area contributed by atoms with Gasteiger partial charge in [0, 0.05) is 18.7 Å². The van der Waals surface area contributed by atoms with E-state index in [4.69, 9.17) is 4.74 Å². The highest BCUT2D eigenvalue weighted by Crippen LogP contribution is 2.19. The van der Waals surface area contributed by atoms with E-state index in [1.54, 1.807) is 19.1 Å². The highest BCUT2D eigenvalue weighted by Gasteiger charge is 2.14. The lowest BCUT2D eigenvalue weighted by Crippen LogP contribution is -2.40. The van der Waals surface area contributed by atoms with Crippen molar-refractivity contribution in [3.63, 3.8) is 0 Å². The van der Waals surface area contributed by atoms with Crippen molar-refractivity contribution in [2.24, 2.45) is 0 Å². The Bertz CT molecular complexity index is 712. The first-order valence-electron chi connectivity index (χ1n) is 8.85. The van der Waals surface area contributed by atoms with Crippen LogP contribution in [0, 0.1) is 0 Å². The van der Waals surface area contributed by atoms with Crippen molar-refractivity contribution in [3.8, 4) is 5.75 Å². The fourth-order valence-corrected chi connectivity index (χ4v) is 2.39. The molecule has 0 aliphatic carbocycles. The van der Waals surface area contributed by atoms with E-state index in [2.05, 4.69) is 24.5 Å². The Morgan fingerprint density at radius 3 is 2.12 bits per heavy atom. The van der Waals surface area contributed by atoms with Crippen molar-refractivity contribution < 1.29 is 14.3 Å². The quantitative estimate of drug-likeness (QED) is 0.716. The van der Waals surface area contributed by atoms with Gasteiger partial charge in [0.05, 0.1) is 0 Å². The molecule has 138 valence electrons. The number of rotatable bonds is 8. The molecule has 1 atom stereocenters. The topological polar surface area (TPSA) is 67.4 Å². The molecule has 0 saturated carbocycles. The molecule has 0 bridgehead atoms. The Balaban J connectivity index is 1.71. The summed E-state index contributed by atoms with van der Waals surface area (Å²) in [4.78, 5) is 24.0. The van der Waals surface area contributed by atoms with Gasteiger partial charge in [0.2, 0.25) is 0 Å². The van der Waals surface area contributed by atoms with Crippen LogP contribution < -0.4 is 15.4 Å². The molecular formula is C21H26N2O3. The molecule has 0 spiro atoms. The zero-order chi connectivity index (χ0) is 18.9. The molecule has 5 nitrogen and oxygen atoms in total. The maximum absolute atomic E-state index is 12.1. The largest absolute Gasteiger partial charge is 0.481 e. The van der Waals surface area contributed by atoms with E-state index < -0.39 is 6.10 Å². The molecule has 0 fully saturated rings. The Kier molecular flexibility index (Phi) is 7.21. The Labute approximate surface area is 154 Å². The second-order valence-electron chi connectivity index (χ2n) is 6.40. The average molecular weight is 354 g/mol. The Morgan fingerprint density at radius 1 is 0.885 bits per heavy atom. The molecule has 2 N–H and O–H groups in total. The number of benzene rings is 2. The molecular weight excluding hydrogens is 328 g/mol. The van der Waals surface area contributed by atoms with Gasteiger partial charge >= 0.3 is 0 Å². The van der Waals surface area contributed by atoms with Crippen LogP contribution in [0.1, 0.15) is 42.6 Å². The minimum Gasteiger partial charge on any atom is -0.481 e. The predicted molar refractivity (Wildman–Crippen MR) is 102 cm³/mol. The molecule has 0 aliphatic rings. The first kappa shape index (κ1) is 19.5. The number of carbonyl (C=O) groups is 2. The highest BCUT2D eigenvalue weighted by molar-refractivity contribution is 5.94. The molecule has 26 heavy (non-hydrogen) atoms. The lowest BCUT2D eigenvalue weighted by atomic mass is 10.0. The van der Waals surface area contributed by atoms with E-state index in [0.717, 1.165) is 0 Å². The molecule has 1 unspecified atom stereocenters. The van der Waals surface area contributed by atoms with Crippen LogP contribution in [0.3, 0.4) is 0 Å². The van der Waals surface area contributed by atoms with Gasteiger partial charge in [-0.2, -0.15) is 0 Å². The van der Waals surface area contributed by atoms with E-state index >= 15 is 0 Å². The maximum atomic E-state index is 12.1. The van der Waals surface area contributed by atoms with Crippen LogP contribution in [0.4, 0.5) is 0 Å². The van der Waals surface area contributed by atoms with E-state index in [-0.39, 0.29) is 11.8 Å². The number of hydrogen-bond donors (Lipinski definition) is 2. The molecule has 0 saturated heterocycles. The fourth-order valence-electron chi connectivity index (χ4n) is 2.39. The van der Waals surface area contributed by atoms with Crippen LogP contribution in [-0.4, -0.2) is 31.0 Å². The first-order chi connectivity index (χ1) is 12.5. The number of nitrogens with one attached hydrogen (secondary N) is 2. The Hall–Kier alpha value is -2.82. The maximum Gasteiger partial charge on any atom is 0.260 e. The van der Waals surface area contributed by atoms with Crippen LogP contribution in [0.15, 0.2) is 54.6 Å². The number of ether oxygens (including phenoxy) is 1. The fraction of sp³-hybridized carbons (Fsp3) is 0.333. The average Bonchev–Trinajstić information content (AvgIpc) is 2.66. The van der Waals surface area contributed by atoms with E-state index in [1.807, 2.05) is 42.5 Å². The lowest BCUT2D eigenvalue weighted by molar-refractivity contribution is -0.127. The van der Waals surface area contributed by atoms with Crippen LogP contribution in [0.5, 0.6) is 5.75 Å². The minimum atomic E-state index is -0.607. The van der Waals surface area contributed by atoms with E-state index in [1.165, 1.54) is 5.56 Å². The second kappa shape index (κ2) is 9.61. The van der Waals surface area contributed by atoms with Gasteiger partial charge in [0.25, 0.3) is 11.8 Å². The summed E-state index contributed by atoms with van der Waals surface area (Å²) in [5, 5.41) is 5.53. The molecule has 2 aromatic carbocycles. The van der Waals surface area contributed by atoms with Crippen molar-refractivity contribution in [2.75, 3.05) is 13.1 Å². The predicted octanol–water partition coefficient (Wildman–Crippen LogP) is 3.12. The molecule has 2 amide bonds. The molecule has 2 aromatic rings. The first-order valence-corrected chi connectivity index (χ1v) is 8.85. The summed E-state index contributed by atoms with van der Waals surface area (Å²) < 4.78 is 5.66. The van der Waals surface area contributed by atoms with Crippen molar-refractivity contribution in [3.05, 3.63) is 65.7 Å². The summed E-state index contributed by atoms with van der Waals surface area (Å²) in [6.07, 6.45) is -0.607. The van der Waals surface area contributed by atoms with Crippen LogP contribution in [0.2, 0.25) is 0 Å². The van der Waals surface area contributed by atoms with Crippen molar-refractivity contribution in [2.45, 2.75) is 32.8 Å². The van der Waals surface area contributed by atoms with E-state index in [0.29, 0.717) is 30.3 Å². The standard InChI is InChI=1S/C21H26N2O3/c1-15(2)17-9-11-19(12-10-17)26-16(3)20(24)22-13-14-23-21(25)18-7-5-4-6-8-18/h4-12,15-16H,13-14H2,1-3H3,(H,22,24)(H,23,25). The van der Waals surface area contributed by atoms with Crippen LogP contribution in [0.25, 0.3) is 0 Å². The van der Waals surface area contributed by atoms with Gasteiger partial charge in [-0.1, -0.05) is 44.2 Å². The SMILES string of the molecule is CC(Oc1ccc(C(C)C)cc1)C(=O)NCCNC(=O)c1ccccc1. The normalized spacial score (nSPS) is 11.7. The van der Waals surface area contributed by atoms with Gasteiger partial charge in [-0.3, -0.25) is 9.59 Å². The van der Waals surface area contributed by atoms with Crippen LogP contribution >= 0.6 is 0 Å².